The molecule has 2 amide bonds. The normalized spacial score (nSPS) is 27.1. The average molecular weight is 420 g/mol. The zero-order chi connectivity index (χ0) is 19.3. The van der Waals surface area contributed by atoms with Gasteiger partial charge in [0.15, 0.2) is 0 Å². The van der Waals surface area contributed by atoms with E-state index in [9.17, 15) is 9.59 Å². The molecule has 1 spiro atoms. The van der Waals surface area contributed by atoms with Gasteiger partial charge in [-0.15, -0.1) is 12.4 Å². The van der Waals surface area contributed by atoms with Crippen LogP contribution >= 0.6 is 12.4 Å². The summed E-state index contributed by atoms with van der Waals surface area (Å²) in [7, 11) is 2.11. The highest BCUT2D eigenvalue weighted by atomic mass is 35.5. The van der Waals surface area contributed by atoms with Crippen molar-refractivity contribution in [2.45, 2.75) is 37.4 Å². The fourth-order valence-electron chi connectivity index (χ4n) is 5.29. The monoisotopic (exact) mass is 419 g/mol. The second kappa shape index (κ2) is 7.85. The molecule has 3 aliphatic heterocycles. The molecule has 7 nitrogen and oxygen atoms in total. The standard InChI is InChI=1S/C21H29N5O2.ClH/c1-23-12-13-25-18(15-23)20(28)26(14-16-2-3-16)21(25)6-10-24(11-7-21)19(27)17-4-8-22-9-5-17;/h4-5,8-9,16,18H,2-3,6-7,10-15H2,1H3;1H/t18-;/m1./s1. The fraction of sp³-hybridized carbons (Fsp3) is 0.667. The zero-order valence-corrected chi connectivity index (χ0v) is 17.8. The van der Waals surface area contributed by atoms with E-state index in [-0.39, 0.29) is 30.0 Å². The van der Waals surface area contributed by atoms with Crippen molar-refractivity contribution in [3.63, 3.8) is 0 Å². The molecule has 1 saturated carbocycles. The highest BCUT2D eigenvalue weighted by Crippen LogP contribution is 2.44. The number of rotatable bonds is 3. The van der Waals surface area contributed by atoms with E-state index in [4.69, 9.17) is 0 Å². The van der Waals surface area contributed by atoms with Gasteiger partial charge in [0, 0.05) is 70.1 Å². The summed E-state index contributed by atoms with van der Waals surface area (Å²) in [6.07, 6.45) is 7.53. The summed E-state index contributed by atoms with van der Waals surface area (Å²) in [5, 5.41) is 0. The number of hydrogen-bond donors (Lipinski definition) is 0. The Bertz CT molecular complexity index is 764. The molecule has 0 aromatic carbocycles. The van der Waals surface area contributed by atoms with Crippen LogP contribution < -0.4 is 0 Å². The number of piperidine rings is 1. The first-order valence-electron chi connectivity index (χ1n) is 10.5. The molecule has 4 heterocycles. The molecule has 0 unspecified atom stereocenters. The molecule has 4 fully saturated rings. The third-order valence-electron chi connectivity index (χ3n) is 7.09. The van der Waals surface area contributed by atoms with Crippen LogP contribution in [0.15, 0.2) is 24.5 Å². The second-order valence-electron chi connectivity index (χ2n) is 8.87. The molecule has 1 atom stereocenters. The maximum atomic E-state index is 13.3. The van der Waals surface area contributed by atoms with Crippen LogP contribution in [-0.2, 0) is 4.79 Å². The second-order valence-corrected chi connectivity index (χ2v) is 8.87. The number of hydrogen-bond acceptors (Lipinski definition) is 5. The van der Waals surface area contributed by atoms with Crippen LogP contribution in [0, 0.1) is 5.92 Å². The fourth-order valence-corrected chi connectivity index (χ4v) is 5.29. The number of likely N-dealkylation sites (N-methyl/N-ethyl adjacent to an activating group) is 1. The molecule has 29 heavy (non-hydrogen) atoms. The lowest BCUT2D eigenvalue weighted by Gasteiger charge is -2.50. The first-order chi connectivity index (χ1) is 13.6. The summed E-state index contributed by atoms with van der Waals surface area (Å²) in [5.41, 5.74) is 0.501. The van der Waals surface area contributed by atoms with E-state index in [1.165, 1.54) is 12.8 Å². The van der Waals surface area contributed by atoms with Crippen molar-refractivity contribution < 1.29 is 9.59 Å². The van der Waals surface area contributed by atoms with Gasteiger partial charge < -0.3 is 14.7 Å². The molecule has 1 aromatic rings. The number of nitrogens with zero attached hydrogens (tertiary/aromatic N) is 5. The van der Waals surface area contributed by atoms with E-state index in [0.717, 1.165) is 39.0 Å². The van der Waals surface area contributed by atoms with Gasteiger partial charge in [0.2, 0.25) is 5.91 Å². The van der Waals surface area contributed by atoms with Crippen LogP contribution in [0.4, 0.5) is 0 Å². The minimum absolute atomic E-state index is 0. The van der Waals surface area contributed by atoms with Crippen molar-refractivity contribution in [1.29, 1.82) is 0 Å². The molecule has 1 aliphatic carbocycles. The highest BCUT2D eigenvalue weighted by Gasteiger charge is 2.59. The van der Waals surface area contributed by atoms with Crippen molar-refractivity contribution in [1.82, 2.24) is 24.6 Å². The van der Waals surface area contributed by atoms with E-state index < -0.39 is 0 Å². The van der Waals surface area contributed by atoms with E-state index in [1.807, 2.05) is 4.90 Å². The van der Waals surface area contributed by atoms with Crippen LogP contribution in [0.5, 0.6) is 0 Å². The zero-order valence-electron chi connectivity index (χ0n) is 17.0. The SMILES string of the molecule is CN1CCN2[C@H](C1)C(=O)N(CC1CC1)C21CCN(C(=O)c2ccncc2)CC1.Cl. The Morgan fingerprint density at radius 2 is 1.83 bits per heavy atom. The van der Waals surface area contributed by atoms with Gasteiger partial charge in [-0.25, -0.2) is 0 Å². The van der Waals surface area contributed by atoms with Gasteiger partial charge in [0.1, 0.15) is 11.7 Å². The van der Waals surface area contributed by atoms with Gasteiger partial charge in [-0.05, 0) is 37.9 Å². The molecule has 158 valence electrons. The number of likely N-dealkylation sites (tertiary alicyclic amines) is 1. The summed E-state index contributed by atoms with van der Waals surface area (Å²) >= 11 is 0. The van der Waals surface area contributed by atoms with Gasteiger partial charge in [-0.2, -0.15) is 0 Å². The predicted octanol–water partition coefficient (Wildman–Crippen LogP) is 1.30. The Morgan fingerprint density at radius 1 is 1.14 bits per heavy atom. The van der Waals surface area contributed by atoms with Gasteiger partial charge in [-0.3, -0.25) is 19.5 Å². The van der Waals surface area contributed by atoms with Gasteiger partial charge in [0.05, 0.1) is 0 Å². The molecule has 8 heteroatoms. The Morgan fingerprint density at radius 3 is 2.48 bits per heavy atom. The molecule has 0 bridgehead atoms. The Labute approximate surface area is 178 Å². The highest BCUT2D eigenvalue weighted by molar-refractivity contribution is 5.94. The predicted molar refractivity (Wildman–Crippen MR) is 112 cm³/mol. The van der Waals surface area contributed by atoms with Crippen LogP contribution in [0.25, 0.3) is 0 Å². The number of carbonyl (C=O) groups excluding carboxylic acids is 2. The number of piperazine rings is 1. The Hall–Kier alpha value is -1.70. The first-order valence-corrected chi connectivity index (χ1v) is 10.5. The third-order valence-corrected chi connectivity index (χ3v) is 7.09. The number of amides is 2. The Kier molecular flexibility index (Phi) is 5.57. The van der Waals surface area contributed by atoms with Gasteiger partial charge in [-0.1, -0.05) is 0 Å². The van der Waals surface area contributed by atoms with Crippen LogP contribution in [-0.4, -0.2) is 94.4 Å². The van der Waals surface area contributed by atoms with Crippen molar-refractivity contribution in [2.75, 3.05) is 46.3 Å². The van der Waals surface area contributed by atoms with Crippen molar-refractivity contribution in [3.8, 4) is 0 Å². The molecule has 5 rings (SSSR count). The molecule has 4 aliphatic rings. The van der Waals surface area contributed by atoms with Crippen LogP contribution in [0.3, 0.4) is 0 Å². The maximum Gasteiger partial charge on any atom is 0.253 e. The minimum atomic E-state index is -0.194. The summed E-state index contributed by atoms with van der Waals surface area (Å²) in [4.78, 5) is 39.1. The lowest BCUT2D eigenvalue weighted by atomic mass is 9.92. The van der Waals surface area contributed by atoms with E-state index >= 15 is 0 Å². The minimum Gasteiger partial charge on any atom is -0.338 e. The summed E-state index contributed by atoms with van der Waals surface area (Å²) < 4.78 is 0. The number of aromatic nitrogens is 1. The molecule has 1 aromatic heterocycles. The molecule has 3 saturated heterocycles. The van der Waals surface area contributed by atoms with Crippen LogP contribution in [0.1, 0.15) is 36.0 Å². The van der Waals surface area contributed by atoms with Gasteiger partial charge in [0.25, 0.3) is 5.91 Å². The van der Waals surface area contributed by atoms with E-state index in [0.29, 0.717) is 30.5 Å². The van der Waals surface area contributed by atoms with Crippen molar-refractivity contribution >= 4 is 24.2 Å². The third kappa shape index (κ3) is 3.53. The summed E-state index contributed by atoms with van der Waals surface area (Å²) in [5.74, 6) is 1.06. The molecule has 0 radical (unpaired) electrons. The molecular weight excluding hydrogens is 390 g/mol. The largest absolute Gasteiger partial charge is 0.338 e. The number of carbonyl (C=O) groups is 2. The summed E-state index contributed by atoms with van der Waals surface area (Å²) in [6, 6.07) is 3.54. The number of fused-ring (bicyclic) bond motifs is 2. The molecule has 0 N–H and O–H groups in total. The topological polar surface area (TPSA) is 60.0 Å². The van der Waals surface area contributed by atoms with Crippen molar-refractivity contribution in [2.24, 2.45) is 5.92 Å². The average Bonchev–Trinajstić information content (AvgIpc) is 3.53. The van der Waals surface area contributed by atoms with Crippen LogP contribution in [0.2, 0.25) is 0 Å². The van der Waals surface area contributed by atoms with E-state index in [1.54, 1.807) is 24.5 Å². The van der Waals surface area contributed by atoms with E-state index in [2.05, 4.69) is 26.7 Å². The summed E-state index contributed by atoms with van der Waals surface area (Å²) in [6.45, 7) is 5.06. The quantitative estimate of drug-likeness (QED) is 0.739. The Balaban J connectivity index is 0.00000205. The molecular formula is C21H30ClN5O2. The number of pyridine rings is 1. The lowest BCUT2D eigenvalue weighted by Crippen LogP contribution is -2.63. The number of halogens is 1. The smallest absolute Gasteiger partial charge is 0.253 e. The lowest BCUT2D eigenvalue weighted by molar-refractivity contribution is -0.134. The maximum absolute atomic E-state index is 13.3. The van der Waals surface area contributed by atoms with Gasteiger partial charge >= 0.3 is 0 Å². The van der Waals surface area contributed by atoms with Crippen molar-refractivity contribution in [3.05, 3.63) is 30.1 Å². The first kappa shape index (κ1) is 20.6.